The van der Waals surface area contributed by atoms with Crippen molar-refractivity contribution in [2.24, 2.45) is 5.92 Å². The maximum Gasteiger partial charge on any atom is 0.421 e. The van der Waals surface area contributed by atoms with Gasteiger partial charge in [-0.05, 0) is 64.4 Å². The van der Waals surface area contributed by atoms with Crippen LogP contribution >= 0.6 is 0 Å². The van der Waals surface area contributed by atoms with Gasteiger partial charge in [-0.3, -0.25) is 9.59 Å². The summed E-state index contributed by atoms with van der Waals surface area (Å²) in [5.41, 5.74) is 0.849. The Morgan fingerprint density at radius 3 is 2.61 bits per heavy atom. The lowest BCUT2D eigenvalue weighted by atomic mass is 9.97. The van der Waals surface area contributed by atoms with Gasteiger partial charge < -0.3 is 24.1 Å². The summed E-state index contributed by atoms with van der Waals surface area (Å²) in [4.78, 5) is 51.0. The highest BCUT2D eigenvalue weighted by molar-refractivity contribution is 6.13. The molecular formula is C30H35N5O6. The van der Waals surface area contributed by atoms with E-state index in [4.69, 9.17) is 23.9 Å². The molecule has 3 aromatic rings. The minimum Gasteiger partial charge on any atom is -0.450 e. The Morgan fingerprint density at radius 1 is 1.12 bits per heavy atom. The molecule has 11 nitrogen and oxygen atoms in total. The van der Waals surface area contributed by atoms with Crippen LogP contribution in [0.2, 0.25) is 0 Å². The highest BCUT2D eigenvalue weighted by Crippen LogP contribution is 2.31. The van der Waals surface area contributed by atoms with Gasteiger partial charge in [0, 0.05) is 31.3 Å². The van der Waals surface area contributed by atoms with Crippen LogP contribution in [0.5, 0.6) is 0 Å². The van der Waals surface area contributed by atoms with Gasteiger partial charge in [0.05, 0.1) is 30.5 Å². The third-order valence-electron chi connectivity index (χ3n) is 6.85. The average molecular weight is 562 g/mol. The van der Waals surface area contributed by atoms with Gasteiger partial charge in [0.2, 0.25) is 5.91 Å². The zero-order valence-electron chi connectivity index (χ0n) is 23.6. The first-order chi connectivity index (χ1) is 19.7. The van der Waals surface area contributed by atoms with E-state index in [1.807, 2.05) is 12.1 Å². The molecule has 1 atom stereocenters. The molecule has 0 saturated carbocycles. The fourth-order valence-electron chi connectivity index (χ4n) is 4.86. The lowest BCUT2D eigenvalue weighted by molar-refractivity contribution is -0.122. The SMILES string of the molecule is CC(C)(C)OC(=O)N(C(=O)C1CCCNC1)c1cccc(-c2cc(N3CCOCC3)nc(-c3ccc(C=O)o3)n2)c1. The number of nitrogens with one attached hydrogen (secondary N) is 1. The van der Waals surface area contributed by atoms with E-state index in [0.717, 1.165) is 17.9 Å². The van der Waals surface area contributed by atoms with Crippen molar-refractivity contribution < 1.29 is 28.3 Å². The van der Waals surface area contributed by atoms with E-state index in [0.29, 0.717) is 79.9 Å². The normalized spacial score (nSPS) is 17.6. The van der Waals surface area contributed by atoms with E-state index in [-0.39, 0.29) is 17.6 Å². The summed E-state index contributed by atoms with van der Waals surface area (Å²) < 4.78 is 16.8. The predicted octanol–water partition coefficient (Wildman–Crippen LogP) is 4.32. The number of morpholine rings is 1. The van der Waals surface area contributed by atoms with Crippen molar-refractivity contribution in [2.45, 2.75) is 39.2 Å². The molecule has 0 aliphatic carbocycles. The summed E-state index contributed by atoms with van der Waals surface area (Å²) in [5.74, 6) is 0.872. The highest BCUT2D eigenvalue weighted by atomic mass is 16.6. The molecular weight excluding hydrogens is 526 g/mol. The minimum atomic E-state index is -0.782. The van der Waals surface area contributed by atoms with Crippen LogP contribution in [0.1, 0.15) is 44.2 Å². The summed E-state index contributed by atoms with van der Waals surface area (Å²) in [6.07, 6.45) is 1.45. The largest absolute Gasteiger partial charge is 0.450 e. The number of benzene rings is 1. The first-order valence-electron chi connectivity index (χ1n) is 13.9. The number of carbonyl (C=O) groups is 3. The summed E-state index contributed by atoms with van der Waals surface area (Å²) in [6.45, 7) is 9.12. The molecule has 0 radical (unpaired) electrons. The van der Waals surface area contributed by atoms with Crippen molar-refractivity contribution in [3.05, 3.63) is 48.2 Å². The number of aldehydes is 1. The van der Waals surface area contributed by atoms with E-state index in [1.54, 1.807) is 51.1 Å². The summed E-state index contributed by atoms with van der Waals surface area (Å²) in [7, 11) is 0. The number of hydrogen-bond donors (Lipinski definition) is 1. The van der Waals surface area contributed by atoms with E-state index < -0.39 is 11.7 Å². The van der Waals surface area contributed by atoms with Gasteiger partial charge in [-0.1, -0.05) is 12.1 Å². The molecule has 41 heavy (non-hydrogen) atoms. The molecule has 1 N–H and O–H groups in total. The number of carbonyl (C=O) groups excluding carboxylic acids is 3. The van der Waals surface area contributed by atoms with Gasteiger partial charge in [-0.2, -0.15) is 0 Å². The lowest BCUT2D eigenvalue weighted by Crippen LogP contribution is -2.47. The van der Waals surface area contributed by atoms with E-state index in [2.05, 4.69) is 10.2 Å². The number of amides is 2. The molecule has 2 aromatic heterocycles. The van der Waals surface area contributed by atoms with Crippen molar-refractivity contribution in [3.63, 3.8) is 0 Å². The highest BCUT2D eigenvalue weighted by Gasteiger charge is 2.34. The zero-order valence-corrected chi connectivity index (χ0v) is 23.6. The van der Waals surface area contributed by atoms with Crippen molar-refractivity contribution in [1.82, 2.24) is 15.3 Å². The quantitative estimate of drug-likeness (QED) is 0.435. The number of imide groups is 1. The lowest BCUT2D eigenvalue weighted by Gasteiger charge is -2.30. The number of furan rings is 1. The number of ether oxygens (including phenoxy) is 2. The third kappa shape index (κ3) is 6.80. The molecule has 1 aromatic carbocycles. The average Bonchev–Trinajstić information content (AvgIpc) is 3.47. The molecule has 11 heteroatoms. The van der Waals surface area contributed by atoms with Crippen LogP contribution in [0.15, 0.2) is 46.9 Å². The van der Waals surface area contributed by atoms with Gasteiger partial charge in [-0.15, -0.1) is 0 Å². The Bertz CT molecular complexity index is 1400. The second-order valence-corrected chi connectivity index (χ2v) is 11.1. The van der Waals surface area contributed by atoms with E-state index in [9.17, 15) is 14.4 Å². The van der Waals surface area contributed by atoms with Gasteiger partial charge >= 0.3 is 6.09 Å². The fourth-order valence-corrected chi connectivity index (χ4v) is 4.86. The molecule has 2 saturated heterocycles. The van der Waals surface area contributed by atoms with Gasteiger partial charge in [0.25, 0.3) is 0 Å². The van der Waals surface area contributed by atoms with Gasteiger partial charge in [0.15, 0.2) is 23.6 Å². The van der Waals surface area contributed by atoms with Crippen LogP contribution in [0.25, 0.3) is 22.8 Å². The second-order valence-electron chi connectivity index (χ2n) is 11.1. The number of rotatable bonds is 6. The van der Waals surface area contributed by atoms with Crippen LogP contribution in [0.4, 0.5) is 16.3 Å². The van der Waals surface area contributed by atoms with Crippen LogP contribution in [0.3, 0.4) is 0 Å². The Balaban J connectivity index is 1.56. The Morgan fingerprint density at radius 2 is 1.93 bits per heavy atom. The molecule has 0 spiro atoms. The van der Waals surface area contributed by atoms with Crippen molar-refractivity contribution >= 4 is 29.8 Å². The second kappa shape index (κ2) is 12.2. The van der Waals surface area contributed by atoms with Crippen molar-refractivity contribution in [2.75, 3.05) is 49.2 Å². The number of piperidine rings is 1. The Kier molecular flexibility index (Phi) is 8.46. The molecule has 2 aliphatic heterocycles. The molecule has 216 valence electrons. The minimum absolute atomic E-state index is 0.174. The third-order valence-corrected chi connectivity index (χ3v) is 6.85. The summed E-state index contributed by atoms with van der Waals surface area (Å²) >= 11 is 0. The molecule has 2 fully saturated rings. The van der Waals surface area contributed by atoms with Crippen molar-refractivity contribution in [1.29, 1.82) is 0 Å². The van der Waals surface area contributed by atoms with Gasteiger partial charge in [0.1, 0.15) is 11.4 Å². The smallest absolute Gasteiger partial charge is 0.421 e. The van der Waals surface area contributed by atoms with Crippen LogP contribution in [-0.2, 0) is 14.3 Å². The van der Waals surface area contributed by atoms with Crippen LogP contribution in [0, 0.1) is 5.92 Å². The van der Waals surface area contributed by atoms with Gasteiger partial charge in [-0.25, -0.2) is 19.7 Å². The molecule has 1 unspecified atom stereocenters. The topological polar surface area (TPSA) is 127 Å². The van der Waals surface area contributed by atoms with E-state index in [1.165, 1.54) is 0 Å². The van der Waals surface area contributed by atoms with E-state index >= 15 is 0 Å². The Hall–Kier alpha value is -4.09. The molecule has 2 amide bonds. The number of hydrogen-bond acceptors (Lipinski definition) is 10. The van der Waals surface area contributed by atoms with Crippen molar-refractivity contribution in [3.8, 4) is 22.8 Å². The Labute approximate surface area is 238 Å². The summed E-state index contributed by atoms with van der Waals surface area (Å²) in [6, 6.07) is 12.2. The molecule has 2 aliphatic rings. The summed E-state index contributed by atoms with van der Waals surface area (Å²) in [5, 5.41) is 3.25. The molecule has 4 heterocycles. The molecule has 5 rings (SSSR count). The standard InChI is InChI=1S/C30H35N5O6/c1-30(2,3)41-29(38)35(28(37)21-7-5-11-31-18-21)22-8-4-6-20(16-22)24-17-26(34-12-14-39-15-13-34)33-27(32-24)25-10-9-23(19-36)40-25/h4,6,8-10,16-17,19,21,31H,5,7,11-15,18H2,1-3H3. The predicted molar refractivity (Wildman–Crippen MR) is 153 cm³/mol. The number of aromatic nitrogens is 2. The molecule has 0 bridgehead atoms. The number of anilines is 2. The first-order valence-corrected chi connectivity index (χ1v) is 13.9. The monoisotopic (exact) mass is 561 g/mol. The first kappa shape index (κ1) is 28.4. The maximum absolute atomic E-state index is 13.7. The maximum atomic E-state index is 13.7. The van der Waals surface area contributed by atoms with Crippen LogP contribution in [-0.4, -0.2) is 73.2 Å². The number of nitrogens with zero attached hydrogens (tertiary/aromatic N) is 4. The fraction of sp³-hybridized carbons (Fsp3) is 0.433. The zero-order chi connectivity index (χ0) is 29.0. The van der Waals surface area contributed by atoms with Crippen LogP contribution < -0.4 is 15.1 Å².